The Bertz CT molecular complexity index is 1330. The Hall–Kier alpha value is -3.00. The summed E-state index contributed by atoms with van der Waals surface area (Å²) < 4.78 is 7.34. The van der Waals surface area contributed by atoms with Crippen molar-refractivity contribution < 1.29 is 4.74 Å². The van der Waals surface area contributed by atoms with E-state index >= 15 is 0 Å². The fourth-order valence-corrected chi connectivity index (χ4v) is 4.95. The molecule has 0 aliphatic carbocycles. The zero-order valence-electron chi connectivity index (χ0n) is 17.6. The van der Waals surface area contributed by atoms with E-state index in [0.717, 1.165) is 39.3 Å². The molecule has 2 heterocycles. The Morgan fingerprint density at radius 3 is 2.55 bits per heavy atom. The highest BCUT2D eigenvalue weighted by Crippen LogP contribution is 2.34. The van der Waals surface area contributed by atoms with Crippen molar-refractivity contribution >= 4 is 52.1 Å². The van der Waals surface area contributed by atoms with Crippen molar-refractivity contribution in [2.24, 2.45) is 5.10 Å². The van der Waals surface area contributed by atoms with Crippen LogP contribution in [0.3, 0.4) is 0 Å². The van der Waals surface area contributed by atoms with Crippen molar-refractivity contribution in [3.63, 3.8) is 0 Å². The lowest BCUT2D eigenvalue weighted by Crippen LogP contribution is -2.15. The van der Waals surface area contributed by atoms with E-state index in [1.165, 1.54) is 0 Å². The Labute approximate surface area is 205 Å². The van der Waals surface area contributed by atoms with Crippen molar-refractivity contribution in [3.8, 4) is 5.75 Å². The van der Waals surface area contributed by atoms with E-state index in [1.807, 2.05) is 59.3 Å². The van der Waals surface area contributed by atoms with Gasteiger partial charge in [-0.3, -0.25) is 0 Å². The monoisotopic (exact) mass is 495 g/mol. The fraction of sp³-hybridized carbons (Fsp3) is 0.125. The molecule has 33 heavy (non-hydrogen) atoms. The van der Waals surface area contributed by atoms with Crippen molar-refractivity contribution in [1.29, 1.82) is 0 Å². The van der Waals surface area contributed by atoms with Gasteiger partial charge in [-0.25, -0.2) is 0 Å². The third-order valence-electron chi connectivity index (χ3n) is 5.24. The number of nitrogens with zero attached hydrogens (tertiary/aromatic N) is 4. The molecule has 6 nitrogen and oxygen atoms in total. The van der Waals surface area contributed by atoms with Gasteiger partial charge in [-0.05, 0) is 35.9 Å². The van der Waals surface area contributed by atoms with E-state index in [9.17, 15) is 0 Å². The van der Waals surface area contributed by atoms with E-state index in [2.05, 4.69) is 15.5 Å². The zero-order valence-corrected chi connectivity index (χ0v) is 20.0. The van der Waals surface area contributed by atoms with Gasteiger partial charge >= 0.3 is 0 Å². The number of halogens is 2. The lowest BCUT2D eigenvalue weighted by atomic mass is 10.1. The number of fused-ring (bicyclic) bond motifs is 1. The maximum atomic E-state index is 6.36. The minimum atomic E-state index is 0.529. The molecule has 0 fully saturated rings. The lowest BCUT2D eigenvalue weighted by Gasteiger charge is -2.17. The van der Waals surface area contributed by atoms with Gasteiger partial charge in [0.15, 0.2) is 5.82 Å². The second-order valence-electron chi connectivity index (χ2n) is 7.30. The number of nitrogens with one attached hydrogen (secondary N) is 1. The largest absolute Gasteiger partial charge is 0.496 e. The molecule has 1 aliphatic heterocycles. The van der Waals surface area contributed by atoms with Crippen LogP contribution in [0.1, 0.15) is 17.0 Å². The van der Waals surface area contributed by atoms with Crippen LogP contribution in [0.4, 0.5) is 11.4 Å². The molecule has 1 aliphatic rings. The van der Waals surface area contributed by atoms with Gasteiger partial charge in [0, 0.05) is 23.4 Å². The van der Waals surface area contributed by atoms with Crippen LogP contribution in [0.15, 0.2) is 77.0 Å². The Morgan fingerprint density at radius 2 is 1.73 bits per heavy atom. The average Bonchev–Trinajstić information content (AvgIpc) is 3.24. The van der Waals surface area contributed by atoms with Crippen molar-refractivity contribution in [3.05, 3.63) is 93.7 Å². The van der Waals surface area contributed by atoms with Crippen LogP contribution in [-0.2, 0) is 6.42 Å². The van der Waals surface area contributed by atoms with Gasteiger partial charge in [0.1, 0.15) is 5.75 Å². The first-order valence-corrected chi connectivity index (χ1v) is 12.0. The summed E-state index contributed by atoms with van der Waals surface area (Å²) >= 11 is 14.3. The summed E-state index contributed by atoms with van der Waals surface area (Å²) in [5.41, 5.74) is 4.47. The second-order valence-corrected chi connectivity index (χ2v) is 9.06. The highest BCUT2D eigenvalue weighted by atomic mass is 35.5. The second kappa shape index (κ2) is 9.47. The maximum absolute atomic E-state index is 6.36. The zero-order chi connectivity index (χ0) is 22.8. The molecular formula is C24H19Cl2N5OS. The number of ether oxygens (including phenoxy) is 1. The molecule has 166 valence electrons. The van der Waals surface area contributed by atoms with Crippen LogP contribution in [0, 0.1) is 0 Å². The van der Waals surface area contributed by atoms with Crippen LogP contribution in [0.5, 0.6) is 5.75 Å². The molecule has 4 aromatic rings. The van der Waals surface area contributed by atoms with E-state index in [4.69, 9.17) is 33.0 Å². The minimum absolute atomic E-state index is 0.529. The van der Waals surface area contributed by atoms with Crippen molar-refractivity contribution in [1.82, 2.24) is 14.9 Å². The van der Waals surface area contributed by atoms with Gasteiger partial charge in [0.2, 0.25) is 5.16 Å². The van der Waals surface area contributed by atoms with Crippen LogP contribution in [0.25, 0.3) is 0 Å². The van der Waals surface area contributed by atoms with E-state index in [-0.39, 0.29) is 0 Å². The quantitative estimate of drug-likeness (QED) is 0.340. The molecule has 0 bridgehead atoms. The third-order valence-corrected chi connectivity index (χ3v) is 6.80. The summed E-state index contributed by atoms with van der Waals surface area (Å²) in [7, 11) is 1.67. The summed E-state index contributed by atoms with van der Waals surface area (Å²) in [5, 5.41) is 18.9. The van der Waals surface area contributed by atoms with Crippen molar-refractivity contribution in [2.45, 2.75) is 11.6 Å². The first kappa shape index (κ1) is 21.8. The summed E-state index contributed by atoms with van der Waals surface area (Å²) in [6.07, 6.45) is 0.529. The number of hydrogen-bond acceptors (Lipinski definition) is 6. The normalized spacial score (nSPS) is 12.8. The van der Waals surface area contributed by atoms with E-state index in [1.54, 1.807) is 31.0 Å². The number of thioether (sulfide) groups is 1. The van der Waals surface area contributed by atoms with Crippen molar-refractivity contribution in [2.75, 3.05) is 18.2 Å². The molecule has 1 aromatic heterocycles. The number of hydrogen-bond donors (Lipinski definition) is 1. The number of anilines is 2. The molecule has 0 amide bonds. The number of methoxy groups -OCH3 is 1. The summed E-state index contributed by atoms with van der Waals surface area (Å²) in [4.78, 5) is 0. The summed E-state index contributed by atoms with van der Waals surface area (Å²) in [6, 6.07) is 21.3. The number of para-hydroxylation sites is 3. The van der Waals surface area contributed by atoms with Gasteiger partial charge in [0.25, 0.3) is 0 Å². The predicted octanol–water partition coefficient (Wildman–Crippen LogP) is 6.29. The molecule has 0 atom stereocenters. The summed E-state index contributed by atoms with van der Waals surface area (Å²) in [6.45, 7) is 0. The summed E-state index contributed by atoms with van der Waals surface area (Å²) in [5.74, 6) is 2.23. The van der Waals surface area contributed by atoms with Crippen LogP contribution in [-0.4, -0.2) is 33.4 Å². The molecule has 3 aromatic carbocycles. The van der Waals surface area contributed by atoms with Crippen LogP contribution in [0.2, 0.25) is 10.0 Å². The highest BCUT2D eigenvalue weighted by molar-refractivity contribution is 7.99. The Morgan fingerprint density at radius 1 is 0.970 bits per heavy atom. The highest BCUT2D eigenvalue weighted by Gasteiger charge is 2.22. The SMILES string of the molecule is COc1ccccc1C1=Nn2c(Cc3ccccc3Nc3c(Cl)cccc3Cl)nnc2SC1. The number of aromatic nitrogens is 3. The van der Waals surface area contributed by atoms with Gasteiger partial charge in [-0.1, -0.05) is 71.4 Å². The molecule has 0 radical (unpaired) electrons. The maximum Gasteiger partial charge on any atom is 0.212 e. The smallest absolute Gasteiger partial charge is 0.212 e. The van der Waals surface area contributed by atoms with Gasteiger partial charge in [-0.15, -0.1) is 10.2 Å². The molecular weight excluding hydrogens is 477 g/mol. The predicted molar refractivity (Wildman–Crippen MR) is 135 cm³/mol. The topological polar surface area (TPSA) is 64.3 Å². The van der Waals surface area contributed by atoms with Crippen LogP contribution < -0.4 is 10.1 Å². The molecule has 0 saturated carbocycles. The Kier molecular flexibility index (Phi) is 6.26. The van der Waals surface area contributed by atoms with E-state index < -0.39 is 0 Å². The first-order valence-electron chi connectivity index (χ1n) is 10.2. The molecule has 1 N–H and O–H groups in total. The fourth-order valence-electron chi connectivity index (χ4n) is 3.61. The first-order chi connectivity index (χ1) is 16.1. The minimum Gasteiger partial charge on any atom is -0.496 e. The van der Waals surface area contributed by atoms with E-state index in [0.29, 0.717) is 27.9 Å². The van der Waals surface area contributed by atoms with Gasteiger partial charge in [0.05, 0.1) is 28.6 Å². The molecule has 0 unspecified atom stereocenters. The van der Waals surface area contributed by atoms with Gasteiger partial charge < -0.3 is 10.1 Å². The molecule has 5 rings (SSSR count). The molecule has 9 heteroatoms. The standard InChI is InChI=1S/C24H19Cl2N5OS/c1-32-21-12-5-3-8-16(21)20-14-33-24-29-28-22(31(24)30-20)13-15-7-2-4-11-19(15)27-23-17(25)9-6-10-18(23)26/h2-12,27H,13-14H2,1H3. The number of benzene rings is 3. The third kappa shape index (κ3) is 4.44. The Balaban J connectivity index is 1.48. The molecule has 0 saturated heterocycles. The van der Waals surface area contributed by atoms with Crippen LogP contribution >= 0.6 is 35.0 Å². The molecule has 0 spiro atoms. The lowest BCUT2D eigenvalue weighted by molar-refractivity contribution is 0.414. The number of rotatable bonds is 6. The van der Waals surface area contributed by atoms with Gasteiger partial charge in [-0.2, -0.15) is 9.78 Å². The average molecular weight is 496 g/mol.